The lowest BCUT2D eigenvalue weighted by molar-refractivity contribution is 0.0538. The molecule has 0 spiro atoms. The second-order valence-electron chi connectivity index (χ2n) is 8.96. The van der Waals surface area contributed by atoms with Gasteiger partial charge >= 0.3 is 0 Å². The molecule has 0 bridgehead atoms. The van der Waals surface area contributed by atoms with E-state index in [0.717, 1.165) is 58.0 Å². The highest BCUT2D eigenvalue weighted by atomic mass is 16.5. The summed E-state index contributed by atoms with van der Waals surface area (Å²) < 4.78 is 6.74. The minimum Gasteiger partial charge on any atom is -0.484 e. The van der Waals surface area contributed by atoms with Crippen LogP contribution in [0.4, 0.5) is 5.69 Å². The molecule has 0 aromatic heterocycles. The Labute approximate surface area is 180 Å². The van der Waals surface area contributed by atoms with Crippen molar-refractivity contribution in [3.63, 3.8) is 0 Å². The van der Waals surface area contributed by atoms with Crippen LogP contribution < -0.4 is 20.7 Å². The first-order valence-electron chi connectivity index (χ1n) is 11.6. The van der Waals surface area contributed by atoms with Crippen LogP contribution >= 0.6 is 0 Å². The average molecular weight is 407 g/mol. The number of nitrogens with zero attached hydrogens (tertiary/aromatic N) is 2. The number of likely N-dealkylation sites (tertiary alicyclic amines) is 1. The number of piperidine rings is 1. The van der Waals surface area contributed by atoms with Crippen molar-refractivity contribution < 1.29 is 4.74 Å². The minimum absolute atomic E-state index is 0.0916. The van der Waals surface area contributed by atoms with Crippen molar-refractivity contribution in [2.24, 2.45) is 11.7 Å². The van der Waals surface area contributed by atoms with Crippen molar-refractivity contribution in [1.29, 1.82) is 0 Å². The summed E-state index contributed by atoms with van der Waals surface area (Å²) in [5.41, 5.74) is 9.98. The number of hydrogen-bond donors (Lipinski definition) is 2. The molecule has 160 valence electrons. The molecule has 5 rings (SSSR count). The molecule has 5 heteroatoms. The Morgan fingerprint density at radius 1 is 0.967 bits per heavy atom. The molecule has 0 radical (unpaired) electrons. The van der Waals surface area contributed by atoms with Crippen LogP contribution in [0.15, 0.2) is 48.5 Å². The Morgan fingerprint density at radius 2 is 1.77 bits per heavy atom. The van der Waals surface area contributed by atoms with Gasteiger partial charge in [0.05, 0.1) is 6.04 Å². The van der Waals surface area contributed by atoms with Crippen LogP contribution in [0.25, 0.3) is 0 Å². The van der Waals surface area contributed by atoms with E-state index in [2.05, 4.69) is 63.6 Å². The molecule has 1 aliphatic carbocycles. The fourth-order valence-electron chi connectivity index (χ4n) is 5.34. The predicted molar refractivity (Wildman–Crippen MR) is 122 cm³/mol. The first kappa shape index (κ1) is 19.9. The Balaban J connectivity index is 1.36. The van der Waals surface area contributed by atoms with Crippen molar-refractivity contribution >= 4 is 5.69 Å². The zero-order valence-corrected chi connectivity index (χ0v) is 17.8. The number of piperazine rings is 1. The van der Waals surface area contributed by atoms with Gasteiger partial charge in [0.25, 0.3) is 0 Å². The maximum atomic E-state index is 6.74. The quantitative estimate of drug-likeness (QED) is 0.800. The Bertz CT molecular complexity index is 843. The van der Waals surface area contributed by atoms with Crippen molar-refractivity contribution in [1.82, 2.24) is 10.2 Å². The standard InChI is InChI=1S/C25H34N4O/c26-18-19-8-12-29(13-9-19)24-16-20-4-1-2-7-23(20)25(24)30-22-6-3-5-21(17-22)28-14-10-27-11-15-28/h1-7,17,19,24-25,27H,8-16,18,26H2/t24-,25-/m1/s1. The highest BCUT2D eigenvalue weighted by molar-refractivity contribution is 5.51. The van der Waals surface area contributed by atoms with Gasteiger partial charge in [-0.2, -0.15) is 0 Å². The summed E-state index contributed by atoms with van der Waals surface area (Å²) in [6, 6.07) is 17.9. The van der Waals surface area contributed by atoms with E-state index in [4.69, 9.17) is 10.5 Å². The van der Waals surface area contributed by atoms with Crippen LogP contribution in [0.5, 0.6) is 5.75 Å². The lowest BCUT2D eigenvalue weighted by Gasteiger charge is -2.38. The van der Waals surface area contributed by atoms with Crippen LogP contribution in [0, 0.1) is 5.92 Å². The highest BCUT2D eigenvalue weighted by Crippen LogP contribution is 2.39. The van der Waals surface area contributed by atoms with E-state index in [0.29, 0.717) is 12.0 Å². The van der Waals surface area contributed by atoms with Gasteiger partial charge in [-0.25, -0.2) is 0 Å². The molecule has 2 saturated heterocycles. The number of nitrogens with two attached hydrogens (primary N) is 1. The van der Waals surface area contributed by atoms with E-state index < -0.39 is 0 Å². The minimum atomic E-state index is 0.0916. The largest absolute Gasteiger partial charge is 0.484 e. The summed E-state index contributed by atoms with van der Waals surface area (Å²) >= 11 is 0. The number of fused-ring (bicyclic) bond motifs is 1. The van der Waals surface area contributed by atoms with E-state index in [-0.39, 0.29) is 6.10 Å². The molecule has 30 heavy (non-hydrogen) atoms. The second kappa shape index (κ2) is 8.96. The number of ether oxygens (including phenoxy) is 1. The molecular formula is C25H34N4O. The number of nitrogens with one attached hydrogen (secondary N) is 1. The molecule has 3 aliphatic rings. The highest BCUT2D eigenvalue weighted by Gasteiger charge is 2.39. The van der Waals surface area contributed by atoms with E-state index in [9.17, 15) is 0 Å². The van der Waals surface area contributed by atoms with E-state index >= 15 is 0 Å². The van der Waals surface area contributed by atoms with Crippen LogP contribution in [0.1, 0.15) is 30.1 Å². The van der Waals surface area contributed by atoms with Crippen LogP contribution in [-0.2, 0) is 6.42 Å². The fraction of sp³-hybridized carbons (Fsp3) is 0.520. The zero-order valence-electron chi connectivity index (χ0n) is 17.8. The third kappa shape index (κ3) is 4.07. The third-order valence-electron chi connectivity index (χ3n) is 7.15. The Morgan fingerprint density at radius 3 is 2.57 bits per heavy atom. The van der Waals surface area contributed by atoms with Gasteiger partial charge in [0.2, 0.25) is 0 Å². The van der Waals surface area contributed by atoms with Crippen molar-refractivity contribution in [2.75, 3.05) is 50.7 Å². The van der Waals surface area contributed by atoms with Crippen LogP contribution in [0.3, 0.4) is 0 Å². The number of benzene rings is 2. The van der Waals surface area contributed by atoms with Crippen LogP contribution in [0.2, 0.25) is 0 Å². The number of rotatable bonds is 5. The maximum absolute atomic E-state index is 6.74. The summed E-state index contributed by atoms with van der Waals surface area (Å²) in [5, 5.41) is 3.43. The average Bonchev–Trinajstić information content (AvgIpc) is 3.18. The van der Waals surface area contributed by atoms with Crippen LogP contribution in [-0.4, -0.2) is 56.8 Å². The molecule has 2 fully saturated rings. The first-order valence-corrected chi connectivity index (χ1v) is 11.6. The lowest BCUT2D eigenvalue weighted by Crippen LogP contribution is -2.45. The molecule has 2 aliphatic heterocycles. The van der Waals surface area contributed by atoms with E-state index in [1.54, 1.807) is 0 Å². The predicted octanol–water partition coefficient (Wildman–Crippen LogP) is 2.81. The summed E-state index contributed by atoms with van der Waals surface area (Å²) in [5.74, 6) is 1.66. The van der Waals surface area contributed by atoms with Crippen molar-refractivity contribution in [3.05, 3.63) is 59.7 Å². The third-order valence-corrected chi connectivity index (χ3v) is 7.15. The SMILES string of the molecule is NCC1CCN([C@@H]2Cc3ccccc3[C@H]2Oc2cccc(N3CCNCC3)c2)CC1. The monoisotopic (exact) mass is 406 g/mol. The molecule has 2 aromatic rings. The summed E-state index contributed by atoms with van der Waals surface area (Å²) in [7, 11) is 0. The Kier molecular flexibility index (Phi) is 5.93. The van der Waals surface area contributed by atoms with E-state index in [1.807, 2.05) is 0 Å². The zero-order chi connectivity index (χ0) is 20.3. The summed E-state index contributed by atoms with van der Waals surface area (Å²) in [6.45, 7) is 7.26. The van der Waals surface area contributed by atoms with Gasteiger partial charge < -0.3 is 20.7 Å². The van der Waals surface area contributed by atoms with Gasteiger partial charge in [-0.3, -0.25) is 4.90 Å². The lowest BCUT2D eigenvalue weighted by atomic mass is 9.95. The molecule has 0 saturated carbocycles. The molecule has 5 nitrogen and oxygen atoms in total. The van der Waals surface area contributed by atoms with Gasteiger partial charge in [-0.05, 0) is 68.1 Å². The molecule has 3 N–H and O–H groups in total. The molecule has 2 aromatic carbocycles. The number of hydrogen-bond acceptors (Lipinski definition) is 5. The smallest absolute Gasteiger partial charge is 0.140 e. The van der Waals surface area contributed by atoms with Gasteiger partial charge in [-0.15, -0.1) is 0 Å². The van der Waals surface area contributed by atoms with Gasteiger partial charge in [0.15, 0.2) is 0 Å². The molecule has 2 atom stereocenters. The molecule has 2 heterocycles. The molecule has 0 unspecified atom stereocenters. The van der Waals surface area contributed by atoms with Gasteiger partial charge in [0.1, 0.15) is 11.9 Å². The normalized spacial score (nSPS) is 25.3. The fourth-order valence-corrected chi connectivity index (χ4v) is 5.34. The first-order chi connectivity index (χ1) is 14.8. The van der Waals surface area contributed by atoms with Gasteiger partial charge in [0, 0.05) is 37.9 Å². The second-order valence-corrected chi connectivity index (χ2v) is 8.96. The van der Waals surface area contributed by atoms with E-state index in [1.165, 1.54) is 29.7 Å². The van der Waals surface area contributed by atoms with Crippen molar-refractivity contribution in [3.8, 4) is 5.75 Å². The van der Waals surface area contributed by atoms with Gasteiger partial charge in [-0.1, -0.05) is 30.3 Å². The molecular weight excluding hydrogens is 372 g/mol. The summed E-state index contributed by atoms with van der Waals surface area (Å²) in [6.07, 6.45) is 3.57. The Hall–Kier alpha value is -2.08. The summed E-state index contributed by atoms with van der Waals surface area (Å²) in [4.78, 5) is 5.10. The maximum Gasteiger partial charge on any atom is 0.140 e. The molecule has 0 amide bonds. The number of anilines is 1. The topological polar surface area (TPSA) is 53.8 Å². The van der Waals surface area contributed by atoms with Crippen molar-refractivity contribution in [2.45, 2.75) is 31.4 Å².